The Balaban J connectivity index is 1.32. The molecule has 2 amide bonds. The molecule has 0 unspecified atom stereocenters. The van der Waals surface area contributed by atoms with Crippen LogP contribution in [0.25, 0.3) is 11.1 Å². The summed E-state index contributed by atoms with van der Waals surface area (Å²) in [6.45, 7) is 5.61. The van der Waals surface area contributed by atoms with Gasteiger partial charge in [0.25, 0.3) is 5.91 Å². The summed E-state index contributed by atoms with van der Waals surface area (Å²) in [6, 6.07) is 33.3. The van der Waals surface area contributed by atoms with Crippen LogP contribution in [0.1, 0.15) is 35.3 Å². The zero-order valence-electron chi connectivity index (χ0n) is 25.6. The molecule has 0 radical (unpaired) electrons. The van der Waals surface area contributed by atoms with Gasteiger partial charge in [0.2, 0.25) is 5.91 Å². The van der Waals surface area contributed by atoms with Crippen LogP contribution >= 0.6 is 0 Å². The van der Waals surface area contributed by atoms with E-state index in [-0.39, 0.29) is 42.9 Å². The minimum atomic E-state index is -0.367. The molecule has 5 rings (SSSR count). The van der Waals surface area contributed by atoms with E-state index in [0.717, 1.165) is 12.1 Å². The lowest BCUT2D eigenvalue weighted by molar-refractivity contribution is -0.115. The lowest BCUT2D eigenvalue weighted by Crippen LogP contribution is -2.49. The van der Waals surface area contributed by atoms with Crippen molar-refractivity contribution in [3.05, 3.63) is 120 Å². The number of nitrogens with one attached hydrogen (secondary N) is 1. The van der Waals surface area contributed by atoms with Gasteiger partial charge >= 0.3 is 0 Å². The van der Waals surface area contributed by atoms with Crippen LogP contribution in [-0.2, 0) is 17.8 Å². The molecule has 0 aromatic heterocycles. The maximum atomic E-state index is 13.8. The molecule has 0 aliphatic carbocycles. The highest BCUT2D eigenvalue weighted by molar-refractivity contribution is 6.00. The molecule has 3 atom stereocenters. The standard InChI is InChI=1S/C37H41N3O4/c1-26-22-40(27(2)25-41)37(43)33-21-32(38-36(42)20-28-10-6-4-7-11-28)18-19-34(33)44-35(26)24-39(3)23-29-14-16-31(17-15-29)30-12-8-5-9-13-30/h4-19,21,26-27,35,41H,20,22-25H2,1-3H3,(H,38,42)/t26-,27-,35+/m1/s1. The summed E-state index contributed by atoms with van der Waals surface area (Å²) in [5.74, 6) is 0.0938. The van der Waals surface area contributed by atoms with Crippen molar-refractivity contribution in [2.75, 3.05) is 32.1 Å². The van der Waals surface area contributed by atoms with Gasteiger partial charge in [0.05, 0.1) is 24.6 Å². The molecule has 4 aromatic carbocycles. The smallest absolute Gasteiger partial charge is 0.258 e. The first-order chi connectivity index (χ1) is 21.3. The number of ether oxygens (including phenoxy) is 1. The average molecular weight is 592 g/mol. The number of benzene rings is 4. The number of amides is 2. The molecular formula is C37H41N3O4. The van der Waals surface area contributed by atoms with Crippen molar-refractivity contribution in [3.63, 3.8) is 0 Å². The molecule has 0 saturated carbocycles. The molecule has 4 aromatic rings. The summed E-state index contributed by atoms with van der Waals surface area (Å²) >= 11 is 0. The summed E-state index contributed by atoms with van der Waals surface area (Å²) in [6.07, 6.45) is 0.0269. The van der Waals surface area contributed by atoms with Crippen LogP contribution in [-0.4, -0.2) is 65.6 Å². The van der Waals surface area contributed by atoms with Crippen molar-refractivity contribution in [1.82, 2.24) is 9.80 Å². The van der Waals surface area contributed by atoms with Crippen molar-refractivity contribution in [3.8, 4) is 16.9 Å². The molecule has 7 heteroatoms. The van der Waals surface area contributed by atoms with Crippen LogP contribution in [0.15, 0.2) is 103 Å². The van der Waals surface area contributed by atoms with Crippen molar-refractivity contribution >= 4 is 17.5 Å². The fourth-order valence-corrected chi connectivity index (χ4v) is 5.62. The number of anilines is 1. The van der Waals surface area contributed by atoms with Crippen LogP contribution in [0, 0.1) is 5.92 Å². The Morgan fingerprint density at radius 2 is 1.61 bits per heavy atom. The van der Waals surface area contributed by atoms with Crippen LogP contribution in [0.2, 0.25) is 0 Å². The van der Waals surface area contributed by atoms with E-state index in [9.17, 15) is 14.7 Å². The fourth-order valence-electron chi connectivity index (χ4n) is 5.62. The van der Waals surface area contributed by atoms with Crippen LogP contribution in [0.4, 0.5) is 5.69 Å². The molecule has 2 N–H and O–H groups in total. The predicted molar refractivity (Wildman–Crippen MR) is 175 cm³/mol. The highest BCUT2D eigenvalue weighted by atomic mass is 16.5. The molecular weight excluding hydrogens is 550 g/mol. The number of nitrogens with zero attached hydrogens (tertiary/aromatic N) is 2. The largest absolute Gasteiger partial charge is 0.488 e. The van der Waals surface area contributed by atoms with Crippen LogP contribution in [0.5, 0.6) is 5.75 Å². The Labute approximate surface area is 260 Å². The number of aliphatic hydroxyl groups excluding tert-OH is 1. The molecule has 1 heterocycles. The third-order valence-corrected chi connectivity index (χ3v) is 8.16. The van der Waals surface area contributed by atoms with E-state index in [1.807, 2.05) is 55.5 Å². The van der Waals surface area contributed by atoms with Crippen LogP contribution in [0.3, 0.4) is 0 Å². The number of likely N-dealkylation sites (N-methyl/N-ethyl adjacent to an activating group) is 1. The summed E-state index contributed by atoms with van der Waals surface area (Å²) in [7, 11) is 2.07. The van der Waals surface area contributed by atoms with Gasteiger partial charge in [-0.2, -0.15) is 0 Å². The second kappa shape index (κ2) is 14.3. The van der Waals surface area contributed by atoms with E-state index in [4.69, 9.17) is 4.74 Å². The van der Waals surface area contributed by atoms with Gasteiger partial charge in [0.15, 0.2) is 0 Å². The minimum absolute atomic E-state index is 0.00857. The predicted octanol–water partition coefficient (Wildman–Crippen LogP) is 5.89. The Morgan fingerprint density at radius 3 is 2.30 bits per heavy atom. The number of rotatable bonds is 10. The first-order valence-electron chi connectivity index (χ1n) is 15.2. The fraction of sp³-hybridized carbons (Fsp3) is 0.297. The van der Waals surface area contributed by atoms with Gasteiger partial charge in [0.1, 0.15) is 11.9 Å². The molecule has 0 bridgehead atoms. The number of carbonyl (C=O) groups is 2. The number of fused-ring (bicyclic) bond motifs is 1. The molecule has 7 nitrogen and oxygen atoms in total. The third kappa shape index (κ3) is 7.73. The quantitative estimate of drug-likeness (QED) is 0.241. The second-order valence-corrected chi connectivity index (χ2v) is 11.8. The van der Waals surface area contributed by atoms with Crippen LogP contribution < -0.4 is 10.1 Å². The Hall–Kier alpha value is -4.46. The van der Waals surface area contributed by atoms with Gasteiger partial charge in [0, 0.05) is 31.2 Å². The Morgan fingerprint density at radius 1 is 0.955 bits per heavy atom. The summed E-state index contributed by atoms with van der Waals surface area (Å²) < 4.78 is 6.56. The Bertz CT molecular complexity index is 1540. The maximum absolute atomic E-state index is 13.8. The normalized spacial score (nSPS) is 17.3. The maximum Gasteiger partial charge on any atom is 0.258 e. The summed E-state index contributed by atoms with van der Waals surface area (Å²) in [4.78, 5) is 30.5. The van der Waals surface area contributed by atoms with E-state index in [0.29, 0.717) is 30.1 Å². The van der Waals surface area contributed by atoms with E-state index in [1.54, 1.807) is 23.1 Å². The highest BCUT2D eigenvalue weighted by Crippen LogP contribution is 2.31. The lowest BCUT2D eigenvalue weighted by atomic mass is 9.99. The van der Waals surface area contributed by atoms with Gasteiger partial charge in [-0.3, -0.25) is 14.5 Å². The number of aliphatic hydroxyl groups is 1. The molecule has 0 spiro atoms. The number of hydrogen-bond donors (Lipinski definition) is 2. The van der Waals surface area contributed by atoms with Gasteiger partial charge in [-0.25, -0.2) is 0 Å². The van der Waals surface area contributed by atoms with E-state index in [1.165, 1.54) is 16.7 Å². The first-order valence-corrected chi connectivity index (χ1v) is 15.2. The third-order valence-electron chi connectivity index (χ3n) is 8.16. The van der Waals surface area contributed by atoms with Gasteiger partial charge < -0.3 is 20.1 Å². The van der Waals surface area contributed by atoms with E-state index in [2.05, 4.69) is 60.6 Å². The van der Waals surface area contributed by atoms with E-state index >= 15 is 0 Å². The SMILES string of the molecule is C[C@@H]1CN([C@H](C)CO)C(=O)c2cc(NC(=O)Cc3ccccc3)ccc2O[C@H]1CN(C)Cc1ccc(-c2ccccc2)cc1. The Kier molecular flexibility index (Phi) is 10.1. The van der Waals surface area contributed by atoms with Crippen molar-refractivity contribution < 1.29 is 19.4 Å². The zero-order chi connectivity index (χ0) is 31.1. The number of carbonyl (C=O) groups excluding carboxylic acids is 2. The second-order valence-electron chi connectivity index (χ2n) is 11.8. The topological polar surface area (TPSA) is 82.1 Å². The summed E-state index contributed by atoms with van der Waals surface area (Å²) in [5, 5.41) is 12.9. The van der Waals surface area contributed by atoms with E-state index < -0.39 is 0 Å². The minimum Gasteiger partial charge on any atom is -0.488 e. The lowest BCUT2D eigenvalue weighted by Gasteiger charge is -2.38. The first kappa shape index (κ1) is 31.0. The molecule has 0 saturated heterocycles. The monoisotopic (exact) mass is 591 g/mol. The molecule has 1 aliphatic rings. The van der Waals surface area contributed by atoms with Crippen molar-refractivity contribution in [2.45, 2.75) is 39.0 Å². The molecule has 44 heavy (non-hydrogen) atoms. The summed E-state index contributed by atoms with van der Waals surface area (Å²) in [5.41, 5.74) is 5.39. The molecule has 1 aliphatic heterocycles. The highest BCUT2D eigenvalue weighted by Gasteiger charge is 2.33. The zero-order valence-corrected chi connectivity index (χ0v) is 25.6. The molecule has 0 fully saturated rings. The van der Waals surface area contributed by atoms with Gasteiger partial charge in [-0.15, -0.1) is 0 Å². The van der Waals surface area contributed by atoms with Gasteiger partial charge in [-0.05, 0) is 54.4 Å². The average Bonchev–Trinajstić information content (AvgIpc) is 3.04. The van der Waals surface area contributed by atoms with Crippen molar-refractivity contribution in [2.24, 2.45) is 5.92 Å². The van der Waals surface area contributed by atoms with Gasteiger partial charge in [-0.1, -0.05) is 91.9 Å². The number of hydrogen-bond acceptors (Lipinski definition) is 5. The molecule has 228 valence electrons. The van der Waals surface area contributed by atoms with Crippen molar-refractivity contribution in [1.29, 1.82) is 0 Å².